The highest BCUT2D eigenvalue weighted by Gasteiger charge is 2.04. The Morgan fingerprint density at radius 2 is 2.27 bits per heavy atom. The minimum Gasteiger partial charge on any atom is -0.373 e. The molecule has 15 heavy (non-hydrogen) atoms. The molecule has 0 saturated carbocycles. The van der Waals surface area contributed by atoms with Crippen molar-refractivity contribution in [2.75, 3.05) is 18.6 Å². The Bertz CT molecular complexity index is 418. The van der Waals surface area contributed by atoms with Gasteiger partial charge in [-0.15, -0.1) is 0 Å². The zero-order valence-electron chi connectivity index (χ0n) is 8.51. The smallest absolute Gasteiger partial charge is 0.191 e. The first-order chi connectivity index (χ1) is 7.33. The molecule has 0 bridgehead atoms. The third-order valence-electron chi connectivity index (χ3n) is 1.87. The van der Waals surface area contributed by atoms with Crippen LogP contribution in [0.2, 0.25) is 0 Å². The Labute approximate surface area is 91.9 Å². The monoisotopic (exact) mass is 221 g/mol. The molecule has 0 aliphatic carbocycles. The lowest BCUT2D eigenvalue weighted by atomic mass is 10.5. The molecule has 0 fully saturated rings. The van der Waals surface area contributed by atoms with Crippen LogP contribution in [0.4, 0.5) is 5.82 Å². The fourth-order valence-electron chi connectivity index (χ4n) is 1.15. The predicted octanol–water partition coefficient (Wildman–Crippen LogP) is 1.43. The molecule has 78 valence electrons. The molecule has 2 rings (SSSR count). The molecule has 2 heterocycles. The lowest BCUT2D eigenvalue weighted by Crippen LogP contribution is -2.03. The van der Waals surface area contributed by atoms with E-state index in [2.05, 4.69) is 20.4 Å². The van der Waals surface area contributed by atoms with Crippen molar-refractivity contribution in [3.63, 3.8) is 0 Å². The normalized spacial score (nSPS) is 10.3. The fourth-order valence-corrected chi connectivity index (χ4v) is 1.53. The van der Waals surface area contributed by atoms with Crippen LogP contribution < -0.4 is 5.32 Å². The molecule has 2 aromatic rings. The second-order valence-corrected chi connectivity index (χ2v) is 3.57. The Hall–Kier alpha value is -1.56. The van der Waals surface area contributed by atoms with E-state index >= 15 is 0 Å². The van der Waals surface area contributed by atoms with Gasteiger partial charge in [0.25, 0.3) is 0 Å². The van der Waals surface area contributed by atoms with Gasteiger partial charge in [0.2, 0.25) is 0 Å². The van der Waals surface area contributed by atoms with Crippen LogP contribution >= 0.6 is 11.8 Å². The lowest BCUT2D eigenvalue weighted by Gasteiger charge is -2.05. The number of aromatic nitrogens is 4. The third kappa shape index (κ3) is 2.10. The second kappa shape index (κ2) is 4.31. The van der Waals surface area contributed by atoms with Gasteiger partial charge < -0.3 is 5.32 Å². The van der Waals surface area contributed by atoms with E-state index in [0.29, 0.717) is 0 Å². The summed E-state index contributed by atoms with van der Waals surface area (Å²) in [6.07, 6.45) is 5.52. The summed E-state index contributed by atoms with van der Waals surface area (Å²) in [4.78, 5) is 8.63. The molecular weight excluding hydrogens is 210 g/mol. The Balaban J connectivity index is 2.47. The van der Waals surface area contributed by atoms with E-state index in [1.807, 2.05) is 31.6 Å². The van der Waals surface area contributed by atoms with E-state index in [9.17, 15) is 0 Å². The first-order valence-corrected chi connectivity index (χ1v) is 5.67. The van der Waals surface area contributed by atoms with Crippen LogP contribution in [0.1, 0.15) is 0 Å². The van der Waals surface area contributed by atoms with Crippen LogP contribution in [0, 0.1) is 0 Å². The average molecular weight is 221 g/mol. The van der Waals surface area contributed by atoms with Gasteiger partial charge in [-0.1, -0.05) is 11.8 Å². The summed E-state index contributed by atoms with van der Waals surface area (Å²) in [6.45, 7) is 0. The maximum absolute atomic E-state index is 4.35. The first kappa shape index (κ1) is 9.97. The summed E-state index contributed by atoms with van der Waals surface area (Å²) >= 11 is 1.51. The summed E-state index contributed by atoms with van der Waals surface area (Å²) in [7, 11) is 1.83. The van der Waals surface area contributed by atoms with Gasteiger partial charge in [-0.2, -0.15) is 5.10 Å². The minimum atomic E-state index is 0.729. The lowest BCUT2D eigenvalue weighted by molar-refractivity contribution is 0.809. The highest BCUT2D eigenvalue weighted by atomic mass is 32.2. The van der Waals surface area contributed by atoms with Crippen LogP contribution in [0.15, 0.2) is 29.7 Å². The molecular formula is C9H11N5S. The van der Waals surface area contributed by atoms with Gasteiger partial charge in [0, 0.05) is 25.5 Å². The highest BCUT2D eigenvalue weighted by molar-refractivity contribution is 7.98. The quantitative estimate of drug-likeness (QED) is 0.627. The molecule has 0 saturated heterocycles. The fraction of sp³-hybridized carbons (Fsp3) is 0.222. The number of nitrogens with zero attached hydrogens (tertiary/aromatic N) is 4. The Morgan fingerprint density at radius 1 is 1.40 bits per heavy atom. The third-order valence-corrected chi connectivity index (χ3v) is 2.42. The number of nitrogens with one attached hydrogen (secondary N) is 1. The van der Waals surface area contributed by atoms with Crippen LogP contribution in [0.5, 0.6) is 0 Å². The summed E-state index contributed by atoms with van der Waals surface area (Å²) in [5.41, 5.74) is 0. The molecule has 0 aliphatic heterocycles. The first-order valence-electron chi connectivity index (χ1n) is 4.44. The van der Waals surface area contributed by atoms with Crippen molar-refractivity contribution in [2.24, 2.45) is 0 Å². The summed E-state index contributed by atoms with van der Waals surface area (Å²) in [5, 5.41) is 7.85. The zero-order chi connectivity index (χ0) is 10.7. The molecule has 0 radical (unpaired) electrons. The van der Waals surface area contributed by atoms with Crippen LogP contribution in [0.3, 0.4) is 0 Å². The molecule has 0 amide bonds. The Kier molecular flexibility index (Phi) is 2.86. The van der Waals surface area contributed by atoms with E-state index < -0.39 is 0 Å². The van der Waals surface area contributed by atoms with Gasteiger partial charge in [-0.05, 0) is 12.3 Å². The van der Waals surface area contributed by atoms with Crippen molar-refractivity contribution < 1.29 is 0 Å². The van der Waals surface area contributed by atoms with Crippen molar-refractivity contribution >= 4 is 17.6 Å². The molecule has 0 atom stereocenters. The van der Waals surface area contributed by atoms with E-state index in [-0.39, 0.29) is 0 Å². The SMILES string of the molecule is CNc1cc(-n2cccn2)nc(SC)n1. The topological polar surface area (TPSA) is 55.6 Å². The number of thioether (sulfide) groups is 1. The van der Waals surface area contributed by atoms with E-state index in [1.165, 1.54) is 11.8 Å². The van der Waals surface area contributed by atoms with E-state index in [4.69, 9.17) is 0 Å². The number of hydrogen-bond donors (Lipinski definition) is 1. The highest BCUT2D eigenvalue weighted by Crippen LogP contribution is 2.15. The van der Waals surface area contributed by atoms with Gasteiger partial charge in [0.1, 0.15) is 5.82 Å². The molecule has 6 heteroatoms. The van der Waals surface area contributed by atoms with Crippen molar-refractivity contribution in [1.29, 1.82) is 0 Å². The molecule has 5 nitrogen and oxygen atoms in total. The van der Waals surface area contributed by atoms with Gasteiger partial charge in [-0.3, -0.25) is 0 Å². The number of rotatable bonds is 3. The van der Waals surface area contributed by atoms with Crippen molar-refractivity contribution in [3.8, 4) is 5.82 Å². The summed E-state index contributed by atoms with van der Waals surface area (Å²) < 4.78 is 1.71. The predicted molar refractivity (Wildman–Crippen MR) is 60.5 cm³/mol. The minimum absolute atomic E-state index is 0.729. The second-order valence-electron chi connectivity index (χ2n) is 2.80. The number of hydrogen-bond acceptors (Lipinski definition) is 5. The van der Waals surface area contributed by atoms with Crippen LogP contribution in [0.25, 0.3) is 5.82 Å². The zero-order valence-corrected chi connectivity index (χ0v) is 9.32. The molecule has 0 unspecified atom stereocenters. The van der Waals surface area contributed by atoms with Gasteiger partial charge >= 0.3 is 0 Å². The standard InChI is InChI=1S/C9H11N5S/c1-10-7-6-8(13-9(12-7)15-2)14-5-3-4-11-14/h3-6H,1-2H3,(H,10,12,13). The molecule has 0 aliphatic rings. The van der Waals surface area contributed by atoms with E-state index in [1.54, 1.807) is 10.9 Å². The maximum Gasteiger partial charge on any atom is 0.191 e. The van der Waals surface area contributed by atoms with Crippen molar-refractivity contribution in [1.82, 2.24) is 19.7 Å². The molecule has 2 aromatic heterocycles. The van der Waals surface area contributed by atoms with Gasteiger partial charge in [-0.25, -0.2) is 14.6 Å². The van der Waals surface area contributed by atoms with Crippen LogP contribution in [-0.4, -0.2) is 33.1 Å². The largest absolute Gasteiger partial charge is 0.373 e. The Morgan fingerprint density at radius 3 is 2.87 bits per heavy atom. The molecule has 1 N–H and O–H groups in total. The number of anilines is 1. The van der Waals surface area contributed by atoms with Gasteiger partial charge in [0.05, 0.1) is 0 Å². The van der Waals surface area contributed by atoms with Gasteiger partial charge in [0.15, 0.2) is 11.0 Å². The van der Waals surface area contributed by atoms with Crippen LogP contribution in [-0.2, 0) is 0 Å². The van der Waals surface area contributed by atoms with Crippen molar-refractivity contribution in [2.45, 2.75) is 5.16 Å². The van der Waals surface area contributed by atoms with E-state index in [0.717, 1.165) is 16.8 Å². The maximum atomic E-state index is 4.35. The summed E-state index contributed by atoms with van der Waals surface area (Å²) in [5.74, 6) is 1.56. The molecule has 0 spiro atoms. The molecule has 0 aromatic carbocycles. The average Bonchev–Trinajstić information content (AvgIpc) is 2.81. The summed E-state index contributed by atoms with van der Waals surface area (Å²) in [6, 6.07) is 3.71. The van der Waals surface area contributed by atoms with Crippen molar-refractivity contribution in [3.05, 3.63) is 24.5 Å².